The van der Waals surface area contributed by atoms with Crippen LogP contribution in [0.5, 0.6) is 0 Å². The Bertz CT molecular complexity index is 303. The predicted octanol–water partition coefficient (Wildman–Crippen LogP) is 1.24. The average molecular weight is 241 g/mol. The molecule has 0 spiro atoms. The van der Waals surface area contributed by atoms with Crippen LogP contribution >= 0.6 is 0 Å². The van der Waals surface area contributed by atoms with Crippen molar-refractivity contribution in [2.45, 2.75) is 26.9 Å². The van der Waals surface area contributed by atoms with Crippen LogP contribution in [0.15, 0.2) is 12.2 Å². The minimum Gasteiger partial charge on any atom is -0.465 e. The molecule has 1 unspecified atom stereocenters. The molecule has 0 amide bonds. The van der Waals surface area contributed by atoms with Crippen molar-refractivity contribution in [3.8, 4) is 0 Å². The molecule has 0 saturated carbocycles. The van der Waals surface area contributed by atoms with Gasteiger partial charge in [-0.2, -0.15) is 0 Å². The summed E-state index contributed by atoms with van der Waals surface area (Å²) in [6.45, 7) is 6.67. The van der Waals surface area contributed by atoms with Crippen molar-refractivity contribution in [1.82, 2.24) is 0 Å². The molecule has 1 atom stereocenters. The van der Waals surface area contributed by atoms with Crippen LogP contribution in [0.3, 0.4) is 0 Å². The lowest BCUT2D eigenvalue weighted by Gasteiger charge is -2.29. The normalized spacial score (nSPS) is 19.1. The summed E-state index contributed by atoms with van der Waals surface area (Å²) in [5.74, 6) is -1.27. The molecule has 1 aliphatic heterocycles. The van der Waals surface area contributed by atoms with Crippen molar-refractivity contribution in [2.75, 3.05) is 13.2 Å². The van der Waals surface area contributed by atoms with Gasteiger partial charge in [0.25, 0.3) is 0 Å². The number of carbonyl (C=O) groups excluding carboxylic acids is 2. The summed E-state index contributed by atoms with van der Waals surface area (Å²) in [5.41, 5.74) is -1.46. The highest BCUT2D eigenvalue weighted by atomic mass is 16.6. The van der Waals surface area contributed by atoms with E-state index >= 15 is 0 Å². The molecule has 5 heteroatoms. The first kappa shape index (κ1) is 13.7. The van der Waals surface area contributed by atoms with E-state index in [0.717, 1.165) is 0 Å². The first-order valence-corrected chi connectivity index (χ1v) is 5.57. The molecule has 0 fully saturated rings. The molecule has 1 heterocycles. The molecule has 5 nitrogen and oxygen atoms in total. The topological polar surface area (TPSA) is 61.8 Å². The Balaban J connectivity index is 2.94. The van der Waals surface area contributed by atoms with Gasteiger partial charge in [0.15, 0.2) is 5.41 Å². The molecule has 1 radical (unpaired) electrons. The number of esters is 2. The van der Waals surface area contributed by atoms with Gasteiger partial charge >= 0.3 is 11.9 Å². The zero-order chi connectivity index (χ0) is 12.9. The maximum Gasteiger partial charge on any atom is 0.326 e. The van der Waals surface area contributed by atoms with E-state index in [4.69, 9.17) is 14.2 Å². The van der Waals surface area contributed by atoms with Gasteiger partial charge in [-0.25, -0.2) is 0 Å². The van der Waals surface area contributed by atoms with E-state index in [0.29, 0.717) is 0 Å². The Labute approximate surface area is 101 Å². The highest BCUT2D eigenvalue weighted by Crippen LogP contribution is 2.32. The van der Waals surface area contributed by atoms with Crippen molar-refractivity contribution in [3.05, 3.63) is 18.8 Å². The molecule has 0 bridgehead atoms. The maximum absolute atomic E-state index is 11.9. The summed E-state index contributed by atoms with van der Waals surface area (Å²) < 4.78 is 15.1. The van der Waals surface area contributed by atoms with Crippen LogP contribution in [-0.2, 0) is 23.8 Å². The van der Waals surface area contributed by atoms with Crippen LogP contribution in [0.1, 0.15) is 20.8 Å². The van der Waals surface area contributed by atoms with E-state index in [2.05, 4.69) is 0 Å². The van der Waals surface area contributed by atoms with E-state index < -0.39 is 23.5 Å². The molecule has 1 rings (SSSR count). The van der Waals surface area contributed by atoms with E-state index in [1.807, 2.05) is 0 Å². The quantitative estimate of drug-likeness (QED) is 0.535. The number of ether oxygens (including phenoxy) is 3. The zero-order valence-corrected chi connectivity index (χ0v) is 10.3. The van der Waals surface area contributed by atoms with Crippen molar-refractivity contribution < 1.29 is 23.8 Å². The number of carbonyl (C=O) groups is 2. The van der Waals surface area contributed by atoms with Gasteiger partial charge in [0.05, 0.1) is 13.2 Å². The second kappa shape index (κ2) is 5.82. The molecule has 0 aliphatic carbocycles. The van der Waals surface area contributed by atoms with Gasteiger partial charge in [0, 0.05) is 0 Å². The van der Waals surface area contributed by atoms with E-state index in [-0.39, 0.29) is 13.2 Å². The number of rotatable bonds is 5. The summed E-state index contributed by atoms with van der Waals surface area (Å²) in [4.78, 5) is 23.8. The third kappa shape index (κ3) is 2.66. The number of hydrogen-bond acceptors (Lipinski definition) is 5. The molecule has 0 aromatic heterocycles. The van der Waals surface area contributed by atoms with Crippen molar-refractivity contribution in [1.29, 1.82) is 0 Å². The third-order valence-corrected chi connectivity index (χ3v) is 2.56. The molecule has 0 N–H and O–H groups in total. The van der Waals surface area contributed by atoms with Gasteiger partial charge in [-0.05, 0) is 20.8 Å². The molecule has 0 aromatic carbocycles. The van der Waals surface area contributed by atoms with Crippen LogP contribution < -0.4 is 0 Å². The molecule has 0 aromatic rings. The van der Waals surface area contributed by atoms with Gasteiger partial charge in [-0.1, -0.05) is 12.2 Å². The predicted molar refractivity (Wildman–Crippen MR) is 59.7 cm³/mol. The van der Waals surface area contributed by atoms with E-state index in [1.165, 1.54) is 13.5 Å². The standard InChI is InChI=1S/C12H17O5/c1-4-15-10(13)12(3,11(14)16-5-2)9-7-6-8-17-9/h6-9H,4-5H2,1-3H3. The summed E-state index contributed by atoms with van der Waals surface area (Å²) in [6, 6.07) is 0. The molecule has 17 heavy (non-hydrogen) atoms. The summed E-state index contributed by atoms with van der Waals surface area (Å²) in [6.07, 6.45) is 2.59. The van der Waals surface area contributed by atoms with Crippen molar-refractivity contribution in [3.63, 3.8) is 0 Å². The SMILES string of the molecule is CCOC(=O)C(C)(C(=O)OCC)C1C=C[CH]O1. The molecule has 1 aliphatic rings. The minimum atomic E-state index is -1.46. The largest absolute Gasteiger partial charge is 0.465 e. The monoisotopic (exact) mass is 241 g/mol. The molecular weight excluding hydrogens is 224 g/mol. The highest BCUT2D eigenvalue weighted by Gasteiger charge is 2.51. The van der Waals surface area contributed by atoms with Crippen LogP contribution in [0.2, 0.25) is 0 Å². The average Bonchev–Trinajstić information content (AvgIpc) is 2.82. The van der Waals surface area contributed by atoms with Crippen molar-refractivity contribution in [2.24, 2.45) is 5.41 Å². The second-order valence-electron chi connectivity index (χ2n) is 3.72. The fraction of sp³-hybridized carbons (Fsp3) is 0.583. The number of hydrogen-bond donors (Lipinski definition) is 0. The van der Waals surface area contributed by atoms with E-state index in [1.54, 1.807) is 26.0 Å². The van der Waals surface area contributed by atoms with Crippen molar-refractivity contribution >= 4 is 11.9 Å². The van der Waals surface area contributed by atoms with Crippen LogP contribution in [0, 0.1) is 12.0 Å². The van der Waals surface area contributed by atoms with Gasteiger partial charge < -0.3 is 14.2 Å². The summed E-state index contributed by atoms with van der Waals surface area (Å²) in [5, 5.41) is 0. The zero-order valence-electron chi connectivity index (χ0n) is 10.3. The summed E-state index contributed by atoms with van der Waals surface area (Å²) in [7, 11) is 0. The smallest absolute Gasteiger partial charge is 0.326 e. The Morgan fingerprint density at radius 2 is 1.76 bits per heavy atom. The third-order valence-electron chi connectivity index (χ3n) is 2.56. The first-order valence-electron chi connectivity index (χ1n) is 5.57. The van der Waals surface area contributed by atoms with E-state index in [9.17, 15) is 9.59 Å². The van der Waals surface area contributed by atoms with Crippen LogP contribution in [-0.4, -0.2) is 31.3 Å². The fourth-order valence-electron chi connectivity index (χ4n) is 1.53. The second-order valence-corrected chi connectivity index (χ2v) is 3.72. The van der Waals surface area contributed by atoms with Gasteiger partial charge in [-0.15, -0.1) is 0 Å². The van der Waals surface area contributed by atoms with Crippen LogP contribution in [0.4, 0.5) is 0 Å². The molecular formula is C12H17O5. The minimum absolute atomic E-state index is 0.202. The summed E-state index contributed by atoms with van der Waals surface area (Å²) >= 11 is 0. The highest BCUT2D eigenvalue weighted by molar-refractivity contribution is 6.00. The molecule has 0 saturated heterocycles. The Morgan fingerprint density at radius 1 is 1.24 bits per heavy atom. The Hall–Kier alpha value is -1.36. The lowest BCUT2D eigenvalue weighted by atomic mass is 9.84. The Morgan fingerprint density at radius 3 is 2.12 bits per heavy atom. The maximum atomic E-state index is 11.9. The van der Waals surface area contributed by atoms with Gasteiger partial charge in [0.2, 0.25) is 0 Å². The molecule has 95 valence electrons. The van der Waals surface area contributed by atoms with Crippen LogP contribution in [0.25, 0.3) is 0 Å². The Kier molecular flexibility index (Phi) is 4.69. The van der Waals surface area contributed by atoms with Gasteiger partial charge in [-0.3, -0.25) is 9.59 Å². The first-order chi connectivity index (χ1) is 8.07. The lowest BCUT2D eigenvalue weighted by molar-refractivity contribution is -0.177. The fourth-order valence-corrected chi connectivity index (χ4v) is 1.53. The lowest BCUT2D eigenvalue weighted by Crippen LogP contribution is -2.48. The van der Waals surface area contributed by atoms with Gasteiger partial charge in [0.1, 0.15) is 12.7 Å².